The maximum Gasteiger partial charge on any atom is 0.240 e. The molecule has 0 aliphatic rings. The zero-order valence-corrected chi connectivity index (χ0v) is 13.1. The van der Waals surface area contributed by atoms with Gasteiger partial charge in [0.2, 0.25) is 10.0 Å². The highest BCUT2D eigenvalue weighted by Crippen LogP contribution is 2.13. The normalized spacial score (nSPS) is 11.0. The number of nitrogens with zero attached hydrogens (tertiary/aromatic N) is 3. The van der Waals surface area contributed by atoms with Crippen LogP contribution in [0.25, 0.3) is 0 Å². The van der Waals surface area contributed by atoms with Crippen LogP contribution in [0.2, 0.25) is 0 Å². The van der Waals surface area contributed by atoms with E-state index in [0.29, 0.717) is 5.56 Å². The fourth-order valence-corrected chi connectivity index (χ4v) is 2.80. The molecule has 1 N–H and O–H groups in total. The molecule has 0 unspecified atom stereocenters. The molecule has 7 heteroatoms. The van der Waals surface area contributed by atoms with Crippen LogP contribution in [0.15, 0.2) is 47.5 Å². The van der Waals surface area contributed by atoms with Gasteiger partial charge in [-0.25, -0.2) is 18.1 Å². The van der Waals surface area contributed by atoms with E-state index in [2.05, 4.69) is 9.71 Å². The molecular weight excluding hydrogens is 300 g/mol. The number of pyridine rings is 1. The van der Waals surface area contributed by atoms with E-state index < -0.39 is 10.0 Å². The number of aromatic nitrogens is 1. The zero-order valence-electron chi connectivity index (χ0n) is 12.3. The van der Waals surface area contributed by atoms with E-state index in [1.807, 2.05) is 31.1 Å². The summed E-state index contributed by atoms with van der Waals surface area (Å²) in [4.78, 5) is 6.16. The van der Waals surface area contributed by atoms with Crippen molar-refractivity contribution in [3.05, 3.63) is 53.7 Å². The quantitative estimate of drug-likeness (QED) is 0.903. The molecule has 0 atom stereocenters. The van der Waals surface area contributed by atoms with Crippen molar-refractivity contribution in [2.45, 2.75) is 11.4 Å². The van der Waals surface area contributed by atoms with Gasteiger partial charge in [-0.3, -0.25) is 0 Å². The van der Waals surface area contributed by atoms with Crippen LogP contribution in [0.1, 0.15) is 11.1 Å². The first-order valence-corrected chi connectivity index (χ1v) is 8.03. The Morgan fingerprint density at radius 2 is 1.91 bits per heavy atom. The average molecular weight is 316 g/mol. The third kappa shape index (κ3) is 3.81. The van der Waals surface area contributed by atoms with Gasteiger partial charge in [0.05, 0.1) is 16.5 Å². The maximum atomic E-state index is 12.2. The second-order valence-corrected chi connectivity index (χ2v) is 6.64. The van der Waals surface area contributed by atoms with Gasteiger partial charge in [0, 0.05) is 26.8 Å². The molecule has 0 aliphatic heterocycles. The number of rotatable bonds is 5. The Hall–Kier alpha value is -2.43. The lowest BCUT2D eigenvalue weighted by Crippen LogP contribution is -2.23. The molecule has 0 radical (unpaired) electrons. The van der Waals surface area contributed by atoms with Gasteiger partial charge < -0.3 is 4.90 Å². The van der Waals surface area contributed by atoms with E-state index >= 15 is 0 Å². The Morgan fingerprint density at radius 1 is 1.23 bits per heavy atom. The SMILES string of the molecule is CN(C)c1cc(CNS(=O)(=O)c2ccc(C#N)cc2)ccn1. The zero-order chi connectivity index (χ0) is 16.2. The van der Waals surface area contributed by atoms with Gasteiger partial charge in [0.25, 0.3) is 0 Å². The number of hydrogen-bond acceptors (Lipinski definition) is 5. The Balaban J connectivity index is 2.12. The van der Waals surface area contributed by atoms with Gasteiger partial charge >= 0.3 is 0 Å². The van der Waals surface area contributed by atoms with Crippen molar-refractivity contribution in [2.75, 3.05) is 19.0 Å². The maximum absolute atomic E-state index is 12.2. The summed E-state index contributed by atoms with van der Waals surface area (Å²) < 4.78 is 26.9. The van der Waals surface area contributed by atoms with Crippen LogP contribution in [0, 0.1) is 11.3 Å². The summed E-state index contributed by atoms with van der Waals surface area (Å²) in [5, 5.41) is 8.73. The van der Waals surface area contributed by atoms with Crippen molar-refractivity contribution in [3.8, 4) is 6.07 Å². The summed E-state index contributed by atoms with van der Waals surface area (Å²) in [5.41, 5.74) is 1.24. The first-order chi connectivity index (χ1) is 10.4. The lowest BCUT2D eigenvalue weighted by molar-refractivity contribution is 0.581. The van der Waals surface area contributed by atoms with Crippen LogP contribution >= 0.6 is 0 Å². The summed E-state index contributed by atoms with van der Waals surface area (Å²) in [6.45, 7) is 0.172. The van der Waals surface area contributed by atoms with E-state index in [4.69, 9.17) is 5.26 Å². The molecule has 0 amide bonds. The molecule has 22 heavy (non-hydrogen) atoms. The molecule has 0 bridgehead atoms. The van der Waals surface area contributed by atoms with Crippen molar-refractivity contribution in [3.63, 3.8) is 0 Å². The molecule has 0 saturated heterocycles. The van der Waals surface area contributed by atoms with Gasteiger partial charge in [0.15, 0.2) is 0 Å². The smallest absolute Gasteiger partial charge is 0.240 e. The second-order valence-electron chi connectivity index (χ2n) is 4.88. The topological polar surface area (TPSA) is 86.1 Å². The highest BCUT2D eigenvalue weighted by molar-refractivity contribution is 7.89. The number of nitrogens with one attached hydrogen (secondary N) is 1. The molecule has 2 aromatic rings. The van der Waals surface area contributed by atoms with Crippen molar-refractivity contribution in [2.24, 2.45) is 0 Å². The first kappa shape index (κ1) is 15.9. The third-order valence-corrected chi connectivity index (χ3v) is 4.45. The van der Waals surface area contributed by atoms with Gasteiger partial charge in [-0.2, -0.15) is 5.26 Å². The fraction of sp³-hybridized carbons (Fsp3) is 0.200. The monoisotopic (exact) mass is 316 g/mol. The molecule has 0 spiro atoms. The van der Waals surface area contributed by atoms with E-state index in [1.54, 1.807) is 12.3 Å². The predicted molar refractivity (Wildman–Crippen MR) is 83.7 cm³/mol. The van der Waals surface area contributed by atoms with Crippen molar-refractivity contribution in [1.29, 1.82) is 5.26 Å². The number of benzene rings is 1. The minimum Gasteiger partial charge on any atom is -0.363 e. The van der Waals surface area contributed by atoms with Gasteiger partial charge in [0.1, 0.15) is 5.82 Å². The van der Waals surface area contributed by atoms with Crippen LogP contribution in [0.4, 0.5) is 5.82 Å². The minimum absolute atomic E-state index is 0.133. The Bertz CT molecular complexity index is 793. The summed E-state index contributed by atoms with van der Waals surface area (Å²) in [7, 11) is 0.126. The van der Waals surface area contributed by atoms with Crippen LogP contribution in [0.3, 0.4) is 0 Å². The van der Waals surface area contributed by atoms with E-state index in [1.165, 1.54) is 24.3 Å². The highest BCUT2D eigenvalue weighted by atomic mass is 32.2. The van der Waals surface area contributed by atoms with E-state index in [-0.39, 0.29) is 11.4 Å². The Morgan fingerprint density at radius 3 is 2.50 bits per heavy atom. The molecule has 1 heterocycles. The lowest BCUT2D eigenvalue weighted by atomic mass is 10.2. The molecule has 114 valence electrons. The Labute approximate surface area is 130 Å². The average Bonchev–Trinajstić information content (AvgIpc) is 2.53. The van der Waals surface area contributed by atoms with Gasteiger partial charge in [-0.05, 0) is 42.0 Å². The fourth-order valence-electron chi connectivity index (χ4n) is 1.79. The van der Waals surface area contributed by atoms with Gasteiger partial charge in [-0.1, -0.05) is 0 Å². The number of hydrogen-bond donors (Lipinski definition) is 1. The van der Waals surface area contributed by atoms with Crippen LogP contribution < -0.4 is 9.62 Å². The molecule has 0 aliphatic carbocycles. The minimum atomic E-state index is -3.61. The van der Waals surface area contributed by atoms with E-state index in [0.717, 1.165) is 11.4 Å². The van der Waals surface area contributed by atoms with Gasteiger partial charge in [-0.15, -0.1) is 0 Å². The predicted octanol–water partition coefficient (Wildman–Crippen LogP) is 1.50. The Kier molecular flexibility index (Phi) is 4.75. The standard InChI is InChI=1S/C15H16N4O2S/c1-19(2)15-9-13(7-8-17-15)11-18-22(20,21)14-5-3-12(10-16)4-6-14/h3-9,18H,11H2,1-2H3. The summed E-state index contributed by atoms with van der Waals surface area (Å²) in [6.07, 6.45) is 1.64. The summed E-state index contributed by atoms with van der Waals surface area (Å²) in [5.74, 6) is 0.759. The molecule has 1 aromatic carbocycles. The number of anilines is 1. The molecule has 1 aromatic heterocycles. The second kappa shape index (κ2) is 6.56. The van der Waals surface area contributed by atoms with E-state index in [9.17, 15) is 8.42 Å². The molecule has 2 rings (SSSR count). The van der Waals surface area contributed by atoms with Crippen molar-refractivity contribution >= 4 is 15.8 Å². The first-order valence-electron chi connectivity index (χ1n) is 6.54. The molecular formula is C15H16N4O2S. The highest BCUT2D eigenvalue weighted by Gasteiger charge is 2.13. The van der Waals surface area contributed by atoms with Crippen LogP contribution in [0.5, 0.6) is 0 Å². The largest absolute Gasteiger partial charge is 0.363 e. The third-order valence-electron chi connectivity index (χ3n) is 3.03. The van der Waals surface area contributed by atoms with Crippen molar-refractivity contribution < 1.29 is 8.42 Å². The molecule has 0 fully saturated rings. The summed E-state index contributed by atoms with van der Waals surface area (Å²) >= 11 is 0. The number of nitriles is 1. The van der Waals surface area contributed by atoms with Crippen molar-refractivity contribution in [1.82, 2.24) is 9.71 Å². The summed E-state index contributed by atoms with van der Waals surface area (Å²) in [6, 6.07) is 11.3. The lowest BCUT2D eigenvalue weighted by Gasteiger charge is -2.12. The number of sulfonamides is 1. The molecule has 0 saturated carbocycles. The molecule has 6 nitrogen and oxygen atoms in total. The van der Waals surface area contributed by atoms with Crippen LogP contribution in [-0.4, -0.2) is 27.5 Å². The van der Waals surface area contributed by atoms with Crippen LogP contribution in [-0.2, 0) is 16.6 Å².